The average molecular weight is 330 g/mol. The maximum absolute atomic E-state index is 2.35. The van der Waals surface area contributed by atoms with Crippen molar-refractivity contribution in [1.29, 1.82) is 0 Å². The van der Waals surface area contributed by atoms with E-state index < -0.39 is 0 Å². The van der Waals surface area contributed by atoms with E-state index in [2.05, 4.69) is 50.3 Å². The van der Waals surface area contributed by atoms with E-state index in [1.165, 1.54) is 32.1 Å². The van der Waals surface area contributed by atoms with E-state index in [0.717, 1.165) is 0 Å². The first-order valence-electron chi connectivity index (χ1n) is 6.25. The molecule has 0 N–H and O–H groups in total. The minimum atomic E-state index is -0.0875. The Bertz CT molecular complexity index is 300. The topological polar surface area (TPSA) is 0 Å². The van der Waals surface area contributed by atoms with Gasteiger partial charge in [-0.05, 0) is 0 Å². The van der Waals surface area contributed by atoms with Gasteiger partial charge in [-0.2, -0.15) is 0 Å². The zero-order valence-corrected chi connectivity index (χ0v) is 12.7. The first-order valence-corrected chi connectivity index (χ1v) is 8.58. The molecule has 0 aromatic heterocycles. The molecule has 0 spiro atoms. The van der Waals surface area contributed by atoms with Crippen molar-refractivity contribution >= 4 is 24.5 Å². The van der Waals surface area contributed by atoms with Gasteiger partial charge in [0.15, 0.2) is 0 Å². The SMILES string of the molecule is C/C=C(\CCCCCC)[Te]c1ccccc1. The Kier molecular flexibility index (Phi) is 7.64. The van der Waals surface area contributed by atoms with E-state index in [4.69, 9.17) is 0 Å². The molecule has 0 aliphatic carbocycles. The molecular weight excluding hydrogens is 308 g/mol. The van der Waals surface area contributed by atoms with Crippen LogP contribution in [-0.2, 0) is 0 Å². The van der Waals surface area contributed by atoms with Gasteiger partial charge in [0, 0.05) is 0 Å². The molecule has 0 saturated carbocycles. The summed E-state index contributed by atoms with van der Waals surface area (Å²) < 4.78 is 3.28. The summed E-state index contributed by atoms with van der Waals surface area (Å²) in [6.07, 6.45) is 9.18. The third kappa shape index (κ3) is 5.73. The molecule has 0 bridgehead atoms. The second-order valence-corrected chi connectivity index (χ2v) is 7.41. The second kappa shape index (κ2) is 8.85. The molecule has 1 heteroatoms. The van der Waals surface area contributed by atoms with Crippen LogP contribution in [0.15, 0.2) is 40.0 Å². The van der Waals surface area contributed by atoms with Gasteiger partial charge in [0.25, 0.3) is 0 Å². The van der Waals surface area contributed by atoms with Crippen LogP contribution in [-0.4, -0.2) is 20.9 Å². The number of unbranched alkanes of at least 4 members (excludes halogenated alkanes) is 3. The summed E-state index contributed by atoms with van der Waals surface area (Å²) in [5, 5.41) is 0. The van der Waals surface area contributed by atoms with E-state index in [1.807, 2.05) is 0 Å². The number of hydrogen-bond acceptors (Lipinski definition) is 0. The average Bonchev–Trinajstić information content (AvgIpc) is 2.34. The summed E-state index contributed by atoms with van der Waals surface area (Å²) in [5.74, 6) is 0. The Balaban J connectivity index is 2.33. The fourth-order valence-electron chi connectivity index (χ4n) is 1.62. The molecule has 0 atom stereocenters. The van der Waals surface area contributed by atoms with Crippen LogP contribution in [0.3, 0.4) is 0 Å². The van der Waals surface area contributed by atoms with Gasteiger partial charge in [-0.3, -0.25) is 0 Å². The summed E-state index contributed by atoms with van der Waals surface area (Å²) >= 11 is -0.0875. The summed E-state index contributed by atoms with van der Waals surface area (Å²) in [7, 11) is 0. The van der Waals surface area contributed by atoms with Crippen LogP contribution in [0.2, 0.25) is 0 Å². The van der Waals surface area contributed by atoms with Gasteiger partial charge in [0.05, 0.1) is 0 Å². The molecule has 0 saturated heterocycles. The van der Waals surface area contributed by atoms with Crippen LogP contribution in [0.1, 0.15) is 46.0 Å². The Hall–Kier alpha value is -0.250. The van der Waals surface area contributed by atoms with Gasteiger partial charge < -0.3 is 0 Å². The van der Waals surface area contributed by atoms with Gasteiger partial charge in [0.1, 0.15) is 0 Å². The number of hydrogen-bond donors (Lipinski definition) is 0. The Morgan fingerprint density at radius 3 is 2.50 bits per heavy atom. The van der Waals surface area contributed by atoms with Crippen LogP contribution in [0.5, 0.6) is 0 Å². The third-order valence-electron chi connectivity index (χ3n) is 2.59. The molecule has 88 valence electrons. The van der Waals surface area contributed by atoms with Crippen molar-refractivity contribution in [1.82, 2.24) is 0 Å². The quantitative estimate of drug-likeness (QED) is 0.526. The number of allylic oxidation sites excluding steroid dienone is 2. The van der Waals surface area contributed by atoms with Crippen molar-refractivity contribution in [2.45, 2.75) is 46.0 Å². The van der Waals surface area contributed by atoms with Gasteiger partial charge in [-0.15, -0.1) is 0 Å². The normalized spacial score (nSPS) is 11.8. The van der Waals surface area contributed by atoms with Crippen LogP contribution >= 0.6 is 0 Å². The van der Waals surface area contributed by atoms with Crippen molar-refractivity contribution in [3.63, 3.8) is 0 Å². The first-order chi connectivity index (χ1) is 7.86. The molecule has 1 aromatic rings. The van der Waals surface area contributed by atoms with E-state index in [9.17, 15) is 0 Å². The molecular formula is C15H22Te. The van der Waals surface area contributed by atoms with Crippen molar-refractivity contribution in [2.24, 2.45) is 0 Å². The molecule has 1 rings (SSSR count). The summed E-state index contributed by atoms with van der Waals surface area (Å²) in [5.41, 5.74) is 0. The van der Waals surface area contributed by atoms with E-state index >= 15 is 0 Å². The van der Waals surface area contributed by atoms with Crippen molar-refractivity contribution in [3.05, 3.63) is 40.0 Å². The molecule has 0 fully saturated rings. The number of benzene rings is 1. The summed E-state index contributed by atoms with van der Waals surface area (Å²) in [4.78, 5) is 0. The van der Waals surface area contributed by atoms with E-state index in [-0.39, 0.29) is 20.9 Å². The predicted molar refractivity (Wildman–Crippen MR) is 74.3 cm³/mol. The molecule has 0 aliphatic heterocycles. The van der Waals surface area contributed by atoms with Crippen LogP contribution < -0.4 is 3.61 Å². The Morgan fingerprint density at radius 1 is 1.12 bits per heavy atom. The Labute approximate surface area is 110 Å². The first kappa shape index (κ1) is 13.8. The minimum absolute atomic E-state index is 0.0875. The number of rotatable bonds is 7. The Morgan fingerprint density at radius 2 is 1.88 bits per heavy atom. The molecule has 0 amide bonds. The summed E-state index contributed by atoms with van der Waals surface area (Å²) in [6.45, 7) is 4.47. The molecule has 1 aromatic carbocycles. The zero-order chi connectivity index (χ0) is 11.6. The molecule has 0 radical (unpaired) electrons. The van der Waals surface area contributed by atoms with Crippen molar-refractivity contribution in [3.8, 4) is 0 Å². The zero-order valence-electron chi connectivity index (χ0n) is 10.4. The molecule has 0 aliphatic rings. The second-order valence-electron chi connectivity index (χ2n) is 3.98. The van der Waals surface area contributed by atoms with Crippen molar-refractivity contribution in [2.75, 3.05) is 0 Å². The fraction of sp³-hybridized carbons (Fsp3) is 0.467. The summed E-state index contributed by atoms with van der Waals surface area (Å²) in [6, 6.07) is 11.0. The van der Waals surface area contributed by atoms with Crippen molar-refractivity contribution < 1.29 is 0 Å². The van der Waals surface area contributed by atoms with Crippen LogP contribution in [0.25, 0.3) is 0 Å². The molecule has 16 heavy (non-hydrogen) atoms. The van der Waals surface area contributed by atoms with Gasteiger partial charge >= 0.3 is 111 Å². The predicted octanol–water partition coefficient (Wildman–Crippen LogP) is 3.89. The third-order valence-corrected chi connectivity index (χ3v) is 6.04. The fourth-order valence-corrected chi connectivity index (χ4v) is 4.36. The molecule has 0 nitrogen and oxygen atoms in total. The van der Waals surface area contributed by atoms with E-state index in [1.54, 1.807) is 7.23 Å². The van der Waals surface area contributed by atoms with Gasteiger partial charge in [-0.1, -0.05) is 0 Å². The van der Waals surface area contributed by atoms with Gasteiger partial charge in [-0.25, -0.2) is 0 Å². The molecule has 0 heterocycles. The standard InChI is InChI=1S/C15H22Te/c1-3-5-6-8-11-14(4-2)16-15-12-9-7-10-13-15/h4,7,9-10,12-13H,3,5-6,8,11H2,1-2H3/b14-4+. The monoisotopic (exact) mass is 332 g/mol. The van der Waals surface area contributed by atoms with E-state index in [0.29, 0.717) is 0 Å². The van der Waals surface area contributed by atoms with Crippen LogP contribution in [0, 0.1) is 0 Å². The molecule has 0 unspecified atom stereocenters. The van der Waals surface area contributed by atoms with Gasteiger partial charge in [0.2, 0.25) is 0 Å². The van der Waals surface area contributed by atoms with Crippen LogP contribution in [0.4, 0.5) is 0 Å². The maximum atomic E-state index is 2.35.